The lowest BCUT2D eigenvalue weighted by Crippen LogP contribution is -2.17. The van der Waals surface area contributed by atoms with E-state index in [0.29, 0.717) is 25.1 Å². The maximum atomic E-state index is 12.5. The fourth-order valence-electron chi connectivity index (χ4n) is 3.74. The molecule has 13 nitrogen and oxygen atoms in total. The van der Waals surface area contributed by atoms with Gasteiger partial charge >= 0.3 is 18.2 Å². The highest BCUT2D eigenvalue weighted by Crippen LogP contribution is 2.21. The largest absolute Gasteiger partial charge is 0.480 e. The van der Waals surface area contributed by atoms with Gasteiger partial charge in [-0.1, -0.05) is 60.7 Å². The molecular weight excluding hydrogens is 530 g/mol. The molecule has 0 fully saturated rings. The SMILES string of the molecule is CC(CCCNc1nc(NC(=O)OCc2ccccc2)c2ncn(CC(=O)O)c2n1)=NC(=O)OCc1ccccc1. The van der Waals surface area contributed by atoms with Gasteiger partial charge < -0.3 is 24.5 Å². The second kappa shape index (κ2) is 14.2. The topological polar surface area (TPSA) is 170 Å². The number of benzene rings is 2. The predicted octanol–water partition coefficient (Wildman–Crippen LogP) is 4.65. The first kappa shape index (κ1) is 28.7. The molecule has 13 heteroatoms. The molecule has 2 amide bonds. The lowest BCUT2D eigenvalue weighted by Gasteiger charge is -2.10. The number of aromatic nitrogens is 4. The Morgan fingerprint density at radius 3 is 2.27 bits per heavy atom. The van der Waals surface area contributed by atoms with Gasteiger partial charge in [0.25, 0.3) is 0 Å². The van der Waals surface area contributed by atoms with Gasteiger partial charge in [0.15, 0.2) is 17.0 Å². The third-order valence-electron chi connectivity index (χ3n) is 5.69. The number of carboxylic acid groups (broad SMARTS) is 1. The lowest BCUT2D eigenvalue weighted by molar-refractivity contribution is -0.137. The number of carbonyl (C=O) groups excluding carboxylic acids is 2. The van der Waals surface area contributed by atoms with Crippen molar-refractivity contribution in [3.05, 3.63) is 78.1 Å². The number of imidazole rings is 1. The first-order chi connectivity index (χ1) is 19.9. The minimum Gasteiger partial charge on any atom is -0.480 e. The number of aliphatic imine (C=N–C) groups is 1. The van der Waals surface area contributed by atoms with E-state index < -0.39 is 18.2 Å². The summed E-state index contributed by atoms with van der Waals surface area (Å²) in [5.74, 6) is -0.857. The van der Waals surface area contributed by atoms with Crippen molar-refractivity contribution in [3.8, 4) is 0 Å². The number of carboxylic acids is 1. The number of hydrogen-bond acceptors (Lipinski definition) is 9. The molecule has 0 bridgehead atoms. The molecule has 0 spiro atoms. The number of fused-ring (bicyclic) bond motifs is 1. The van der Waals surface area contributed by atoms with Crippen LogP contribution in [0.1, 0.15) is 30.9 Å². The average molecular weight is 560 g/mol. The Morgan fingerprint density at radius 2 is 1.61 bits per heavy atom. The van der Waals surface area contributed by atoms with Crippen LogP contribution < -0.4 is 10.6 Å². The quantitative estimate of drug-likeness (QED) is 0.164. The van der Waals surface area contributed by atoms with Crippen LogP contribution in [0, 0.1) is 0 Å². The minimum absolute atomic E-state index is 0.0557. The van der Waals surface area contributed by atoms with Crippen LogP contribution in [0.25, 0.3) is 11.2 Å². The number of ether oxygens (including phenoxy) is 2. The molecule has 0 aliphatic carbocycles. The van der Waals surface area contributed by atoms with Gasteiger partial charge in [0.2, 0.25) is 5.95 Å². The molecule has 0 saturated carbocycles. The van der Waals surface area contributed by atoms with Crippen molar-refractivity contribution in [1.82, 2.24) is 19.5 Å². The second-order valence-electron chi connectivity index (χ2n) is 8.94. The number of anilines is 2. The molecule has 0 aliphatic rings. The zero-order chi connectivity index (χ0) is 29.0. The zero-order valence-electron chi connectivity index (χ0n) is 22.3. The fraction of sp³-hybridized carbons (Fsp3) is 0.250. The Kier molecular flexibility index (Phi) is 9.91. The molecule has 0 unspecified atom stereocenters. The molecule has 3 N–H and O–H groups in total. The van der Waals surface area contributed by atoms with Gasteiger partial charge in [-0.05, 0) is 30.9 Å². The molecule has 2 aromatic heterocycles. The van der Waals surface area contributed by atoms with E-state index in [1.54, 1.807) is 6.92 Å². The Morgan fingerprint density at radius 1 is 0.951 bits per heavy atom. The molecule has 0 aliphatic heterocycles. The number of carbonyl (C=O) groups is 3. The summed E-state index contributed by atoms with van der Waals surface area (Å²) in [5, 5.41) is 14.9. The molecule has 41 heavy (non-hydrogen) atoms. The Hall–Kier alpha value is -5.33. The molecule has 212 valence electrons. The number of hydrogen-bond donors (Lipinski definition) is 3. The lowest BCUT2D eigenvalue weighted by atomic mass is 10.2. The van der Waals surface area contributed by atoms with E-state index in [4.69, 9.17) is 9.47 Å². The number of amides is 2. The van der Waals surface area contributed by atoms with E-state index in [1.807, 2.05) is 60.7 Å². The Labute approximate surface area is 235 Å². The van der Waals surface area contributed by atoms with Gasteiger partial charge in [0, 0.05) is 12.3 Å². The highest BCUT2D eigenvalue weighted by atomic mass is 16.6. The van der Waals surface area contributed by atoms with Crippen LogP contribution in [0.5, 0.6) is 0 Å². The van der Waals surface area contributed by atoms with Crippen molar-refractivity contribution >= 4 is 46.8 Å². The number of aliphatic carboxylic acids is 1. The maximum Gasteiger partial charge on any atom is 0.433 e. The van der Waals surface area contributed by atoms with Crippen LogP contribution in [0.15, 0.2) is 72.0 Å². The molecule has 0 saturated heterocycles. The number of nitrogens with zero attached hydrogens (tertiary/aromatic N) is 5. The molecule has 4 aromatic rings. The standard InChI is InChI=1S/C28H29N7O6/c1-19(31-27(38)40-16-20-10-4-2-5-11-20)9-8-14-29-26-32-24(23-25(34-26)35(18-30-23)15-22(36)37)33-28(39)41-17-21-12-6-3-7-13-21/h2-7,10-13,18H,8-9,14-17H2,1H3,(H,36,37)(H2,29,32,33,34,39). The van der Waals surface area contributed by atoms with E-state index in [2.05, 4.69) is 30.6 Å². The average Bonchev–Trinajstić information content (AvgIpc) is 3.36. The van der Waals surface area contributed by atoms with Crippen molar-refractivity contribution in [1.29, 1.82) is 0 Å². The van der Waals surface area contributed by atoms with Crippen LogP contribution in [-0.2, 0) is 34.0 Å². The number of rotatable bonds is 12. The zero-order valence-corrected chi connectivity index (χ0v) is 22.3. The van der Waals surface area contributed by atoms with Crippen LogP contribution in [0.2, 0.25) is 0 Å². The summed E-state index contributed by atoms with van der Waals surface area (Å²) in [6, 6.07) is 18.5. The summed E-state index contributed by atoms with van der Waals surface area (Å²) in [6.07, 6.45) is 0.991. The fourth-order valence-corrected chi connectivity index (χ4v) is 3.74. The normalized spacial score (nSPS) is 11.2. The summed E-state index contributed by atoms with van der Waals surface area (Å²) in [4.78, 5) is 52.7. The summed E-state index contributed by atoms with van der Waals surface area (Å²) in [7, 11) is 0. The molecule has 2 aromatic carbocycles. The van der Waals surface area contributed by atoms with E-state index in [-0.39, 0.29) is 42.7 Å². The van der Waals surface area contributed by atoms with Crippen molar-refractivity contribution < 1.29 is 29.0 Å². The van der Waals surface area contributed by atoms with Gasteiger partial charge in [-0.15, -0.1) is 0 Å². The predicted molar refractivity (Wildman–Crippen MR) is 151 cm³/mol. The van der Waals surface area contributed by atoms with Crippen LogP contribution in [-0.4, -0.2) is 55.0 Å². The highest BCUT2D eigenvalue weighted by molar-refractivity contribution is 5.94. The maximum absolute atomic E-state index is 12.5. The van der Waals surface area contributed by atoms with Gasteiger partial charge in [0.05, 0.1) is 6.33 Å². The summed E-state index contributed by atoms with van der Waals surface area (Å²) < 4.78 is 11.8. The van der Waals surface area contributed by atoms with Crippen molar-refractivity contribution in [2.24, 2.45) is 4.99 Å². The summed E-state index contributed by atoms with van der Waals surface area (Å²) in [5.41, 5.74) is 2.72. The van der Waals surface area contributed by atoms with Gasteiger partial charge in [-0.2, -0.15) is 15.0 Å². The third-order valence-corrected chi connectivity index (χ3v) is 5.69. The van der Waals surface area contributed by atoms with Gasteiger partial charge in [-0.3, -0.25) is 10.1 Å². The first-order valence-electron chi connectivity index (χ1n) is 12.8. The third kappa shape index (κ3) is 8.85. The minimum atomic E-state index is -1.08. The van der Waals surface area contributed by atoms with E-state index in [0.717, 1.165) is 11.1 Å². The van der Waals surface area contributed by atoms with Crippen molar-refractivity contribution in [3.63, 3.8) is 0 Å². The summed E-state index contributed by atoms with van der Waals surface area (Å²) in [6.45, 7) is 1.97. The van der Waals surface area contributed by atoms with E-state index in [9.17, 15) is 19.5 Å². The molecule has 0 atom stereocenters. The smallest absolute Gasteiger partial charge is 0.433 e. The van der Waals surface area contributed by atoms with E-state index >= 15 is 0 Å². The molecule has 2 heterocycles. The van der Waals surface area contributed by atoms with Crippen LogP contribution in [0.4, 0.5) is 21.4 Å². The van der Waals surface area contributed by atoms with Crippen LogP contribution in [0.3, 0.4) is 0 Å². The van der Waals surface area contributed by atoms with Gasteiger partial charge in [-0.25, -0.2) is 14.6 Å². The second-order valence-corrected chi connectivity index (χ2v) is 8.94. The van der Waals surface area contributed by atoms with Crippen LogP contribution >= 0.6 is 0 Å². The monoisotopic (exact) mass is 559 g/mol. The molecule has 4 rings (SSSR count). The Balaban J connectivity index is 1.35. The summed E-state index contributed by atoms with van der Waals surface area (Å²) >= 11 is 0. The number of nitrogens with one attached hydrogen (secondary N) is 2. The van der Waals surface area contributed by atoms with E-state index in [1.165, 1.54) is 10.9 Å². The molecular formula is C28H29N7O6. The Bertz CT molecular complexity index is 1520. The first-order valence-corrected chi connectivity index (χ1v) is 12.8. The highest BCUT2D eigenvalue weighted by Gasteiger charge is 2.17. The van der Waals surface area contributed by atoms with Crippen molar-refractivity contribution in [2.45, 2.75) is 39.5 Å². The molecule has 0 radical (unpaired) electrons. The van der Waals surface area contributed by atoms with Crippen molar-refractivity contribution in [2.75, 3.05) is 17.2 Å². The van der Waals surface area contributed by atoms with Gasteiger partial charge in [0.1, 0.15) is 19.8 Å².